The SMILES string of the molecule is c1ccc(-c2cccc(-c3cccc(-c4ccc5sc6c(-c7ccc8c(c7)c7ccccc7n8-c7ccccc7)cccc6c5c4)c3)c2)cc1. The molecule has 0 atom stereocenters. The molecule has 0 aliphatic heterocycles. The molecular weight excluding hydrogens is 623 g/mol. The van der Waals surface area contributed by atoms with E-state index in [0.29, 0.717) is 0 Å². The van der Waals surface area contributed by atoms with Gasteiger partial charge < -0.3 is 4.57 Å². The molecule has 0 unspecified atom stereocenters. The summed E-state index contributed by atoms with van der Waals surface area (Å²) in [6.45, 7) is 0. The van der Waals surface area contributed by atoms with Crippen LogP contribution < -0.4 is 0 Å². The van der Waals surface area contributed by atoms with Crippen molar-refractivity contribution in [2.24, 2.45) is 0 Å². The topological polar surface area (TPSA) is 4.93 Å². The zero-order valence-corrected chi connectivity index (χ0v) is 28.1. The summed E-state index contributed by atoms with van der Waals surface area (Å²) >= 11 is 1.89. The molecule has 0 saturated carbocycles. The monoisotopic (exact) mass is 653 g/mol. The molecule has 0 aliphatic rings. The van der Waals surface area contributed by atoms with Crippen LogP contribution in [0.25, 0.3) is 92.2 Å². The quantitative estimate of drug-likeness (QED) is 0.174. The number of fused-ring (bicyclic) bond motifs is 6. The Labute approximate surface area is 295 Å². The number of benzene rings is 8. The van der Waals surface area contributed by atoms with Gasteiger partial charge in [0.2, 0.25) is 0 Å². The molecule has 0 spiro atoms. The molecule has 10 rings (SSSR count). The Balaban J connectivity index is 1.06. The summed E-state index contributed by atoms with van der Waals surface area (Å²) in [6, 6.07) is 68.5. The zero-order chi connectivity index (χ0) is 33.0. The fourth-order valence-electron chi connectivity index (χ4n) is 7.59. The van der Waals surface area contributed by atoms with Crippen molar-refractivity contribution in [3.05, 3.63) is 188 Å². The third-order valence-electron chi connectivity index (χ3n) is 9.99. The van der Waals surface area contributed by atoms with E-state index in [9.17, 15) is 0 Å². The predicted molar refractivity (Wildman–Crippen MR) is 215 cm³/mol. The lowest BCUT2D eigenvalue weighted by Gasteiger charge is -2.09. The lowest BCUT2D eigenvalue weighted by Crippen LogP contribution is -1.92. The van der Waals surface area contributed by atoms with Gasteiger partial charge in [0.05, 0.1) is 11.0 Å². The van der Waals surface area contributed by atoms with Crippen molar-refractivity contribution in [1.82, 2.24) is 4.57 Å². The van der Waals surface area contributed by atoms with E-state index in [2.05, 4.69) is 193 Å². The van der Waals surface area contributed by atoms with Crippen molar-refractivity contribution >= 4 is 53.3 Å². The third kappa shape index (κ3) is 4.76. The van der Waals surface area contributed by atoms with Gasteiger partial charge in [-0.15, -0.1) is 11.3 Å². The number of aromatic nitrogens is 1. The molecule has 2 aromatic heterocycles. The van der Waals surface area contributed by atoms with Crippen LogP contribution in [0.4, 0.5) is 0 Å². The molecule has 0 amide bonds. The summed E-state index contributed by atoms with van der Waals surface area (Å²) in [5.41, 5.74) is 13.5. The first-order valence-electron chi connectivity index (χ1n) is 17.1. The van der Waals surface area contributed by atoms with Gasteiger partial charge in [-0.3, -0.25) is 0 Å². The first-order valence-corrected chi connectivity index (χ1v) is 17.9. The Morgan fingerprint density at radius 3 is 1.62 bits per heavy atom. The minimum absolute atomic E-state index is 1.18. The molecular formula is C48H31NS. The second-order valence-corrected chi connectivity index (χ2v) is 14.0. The summed E-state index contributed by atoms with van der Waals surface area (Å²) < 4.78 is 5.02. The maximum atomic E-state index is 2.39. The number of para-hydroxylation sites is 2. The zero-order valence-electron chi connectivity index (χ0n) is 27.3. The standard InChI is InChI=1S/C48H31NS/c1-3-12-32(13-4-1)33-14-9-15-34(28-33)35-16-10-17-36(29-35)37-25-27-47-44(30-37)42-22-11-21-40(48(42)50-47)38-24-26-46-43(31-38)41-20-7-8-23-45(41)49(46)39-18-5-2-6-19-39/h1-31H. The first-order chi connectivity index (χ1) is 24.8. The molecule has 0 aliphatic carbocycles. The van der Waals surface area contributed by atoms with Crippen LogP contribution in [-0.2, 0) is 0 Å². The van der Waals surface area contributed by atoms with Gasteiger partial charge in [-0.2, -0.15) is 0 Å². The summed E-state index contributed by atoms with van der Waals surface area (Å²) in [5, 5.41) is 5.16. The van der Waals surface area contributed by atoms with Crippen LogP contribution in [0, 0.1) is 0 Å². The largest absolute Gasteiger partial charge is 0.309 e. The molecule has 0 saturated heterocycles. The minimum Gasteiger partial charge on any atom is -0.309 e. The minimum atomic E-state index is 1.18. The Hall–Kier alpha value is -6.22. The molecule has 0 fully saturated rings. The van der Waals surface area contributed by atoms with Gasteiger partial charge in [0.1, 0.15) is 0 Å². The van der Waals surface area contributed by atoms with Gasteiger partial charge in [-0.1, -0.05) is 133 Å². The van der Waals surface area contributed by atoms with Gasteiger partial charge in [-0.05, 0) is 99.1 Å². The van der Waals surface area contributed by atoms with Gasteiger partial charge in [-0.25, -0.2) is 0 Å². The molecule has 0 N–H and O–H groups in total. The molecule has 50 heavy (non-hydrogen) atoms. The number of rotatable bonds is 5. The maximum Gasteiger partial charge on any atom is 0.0541 e. The van der Waals surface area contributed by atoms with Crippen LogP contribution in [0.5, 0.6) is 0 Å². The Bertz CT molecular complexity index is 2860. The van der Waals surface area contributed by atoms with Crippen molar-refractivity contribution in [1.29, 1.82) is 0 Å². The van der Waals surface area contributed by atoms with Crippen LogP contribution in [0.3, 0.4) is 0 Å². The lowest BCUT2D eigenvalue weighted by molar-refractivity contribution is 1.18. The highest BCUT2D eigenvalue weighted by molar-refractivity contribution is 7.26. The maximum absolute atomic E-state index is 2.39. The van der Waals surface area contributed by atoms with Crippen LogP contribution in [0.2, 0.25) is 0 Å². The van der Waals surface area contributed by atoms with E-state index in [0.717, 1.165) is 0 Å². The molecule has 1 nitrogen and oxygen atoms in total. The number of hydrogen-bond acceptors (Lipinski definition) is 1. The summed E-state index contributed by atoms with van der Waals surface area (Å²) in [6.07, 6.45) is 0. The van der Waals surface area contributed by atoms with E-state index >= 15 is 0 Å². The van der Waals surface area contributed by atoms with E-state index in [-0.39, 0.29) is 0 Å². The molecule has 0 radical (unpaired) electrons. The summed E-state index contributed by atoms with van der Waals surface area (Å²) in [5.74, 6) is 0. The average Bonchev–Trinajstić information content (AvgIpc) is 3.74. The van der Waals surface area contributed by atoms with Gasteiger partial charge in [0.15, 0.2) is 0 Å². The number of nitrogens with zero attached hydrogens (tertiary/aromatic N) is 1. The van der Waals surface area contributed by atoms with Crippen molar-refractivity contribution < 1.29 is 0 Å². The highest BCUT2D eigenvalue weighted by Crippen LogP contribution is 2.43. The van der Waals surface area contributed by atoms with E-state index < -0.39 is 0 Å². The second-order valence-electron chi connectivity index (χ2n) is 12.9. The van der Waals surface area contributed by atoms with Crippen molar-refractivity contribution in [2.45, 2.75) is 0 Å². The van der Waals surface area contributed by atoms with Crippen LogP contribution in [-0.4, -0.2) is 4.57 Å². The molecule has 2 heterocycles. The highest BCUT2D eigenvalue weighted by atomic mass is 32.1. The lowest BCUT2D eigenvalue weighted by atomic mass is 9.95. The predicted octanol–water partition coefficient (Wildman–Crippen LogP) is 13.8. The summed E-state index contributed by atoms with van der Waals surface area (Å²) in [4.78, 5) is 0. The van der Waals surface area contributed by atoms with Crippen molar-refractivity contribution in [3.8, 4) is 50.2 Å². The van der Waals surface area contributed by atoms with Gasteiger partial charge in [0, 0.05) is 36.6 Å². The molecule has 10 aromatic rings. The molecule has 234 valence electrons. The second kappa shape index (κ2) is 11.7. The van der Waals surface area contributed by atoms with Crippen LogP contribution >= 0.6 is 11.3 Å². The van der Waals surface area contributed by atoms with Gasteiger partial charge >= 0.3 is 0 Å². The smallest absolute Gasteiger partial charge is 0.0541 e. The average molecular weight is 654 g/mol. The molecule has 8 aromatic carbocycles. The third-order valence-corrected chi connectivity index (χ3v) is 11.2. The Morgan fingerprint density at radius 2 is 0.860 bits per heavy atom. The van der Waals surface area contributed by atoms with E-state index in [1.807, 2.05) is 11.3 Å². The molecule has 2 heteroatoms. The van der Waals surface area contributed by atoms with Gasteiger partial charge in [0.25, 0.3) is 0 Å². The highest BCUT2D eigenvalue weighted by Gasteiger charge is 2.16. The first kappa shape index (κ1) is 28.8. The fourth-order valence-corrected chi connectivity index (χ4v) is 8.81. The van der Waals surface area contributed by atoms with Crippen molar-refractivity contribution in [3.63, 3.8) is 0 Å². The van der Waals surface area contributed by atoms with E-state index in [1.54, 1.807) is 0 Å². The Kier molecular flexibility index (Phi) is 6.75. The van der Waals surface area contributed by atoms with Crippen LogP contribution in [0.1, 0.15) is 0 Å². The fraction of sp³-hybridized carbons (Fsp3) is 0. The van der Waals surface area contributed by atoms with E-state index in [4.69, 9.17) is 0 Å². The summed E-state index contributed by atoms with van der Waals surface area (Å²) in [7, 11) is 0. The number of thiophene rings is 1. The normalized spacial score (nSPS) is 11.6. The molecule has 0 bridgehead atoms. The van der Waals surface area contributed by atoms with Crippen molar-refractivity contribution in [2.75, 3.05) is 0 Å². The van der Waals surface area contributed by atoms with Crippen LogP contribution in [0.15, 0.2) is 188 Å². The van der Waals surface area contributed by atoms with E-state index in [1.165, 1.54) is 92.2 Å². The number of hydrogen-bond donors (Lipinski definition) is 0. The Morgan fingerprint density at radius 1 is 0.320 bits per heavy atom.